The van der Waals surface area contributed by atoms with Crippen LogP contribution in [-0.2, 0) is 11.3 Å². The second-order valence-electron chi connectivity index (χ2n) is 5.59. The molecule has 1 aliphatic rings. The van der Waals surface area contributed by atoms with E-state index < -0.39 is 0 Å². The Morgan fingerprint density at radius 3 is 3.09 bits per heavy atom. The van der Waals surface area contributed by atoms with E-state index in [0.29, 0.717) is 18.2 Å². The third kappa shape index (κ3) is 3.70. The summed E-state index contributed by atoms with van der Waals surface area (Å²) in [6.07, 6.45) is 5.34. The fourth-order valence-corrected chi connectivity index (χ4v) is 2.70. The van der Waals surface area contributed by atoms with Crippen molar-refractivity contribution in [3.63, 3.8) is 0 Å². The van der Waals surface area contributed by atoms with Crippen molar-refractivity contribution in [2.24, 2.45) is 0 Å². The van der Waals surface area contributed by atoms with Gasteiger partial charge < -0.3 is 14.6 Å². The molecule has 0 saturated carbocycles. The summed E-state index contributed by atoms with van der Waals surface area (Å²) in [5.74, 6) is 1.04. The highest BCUT2D eigenvalue weighted by atomic mass is 16.5. The SMILES string of the molecule is CCn1cc([C@H]2OCCC[C@@H]2NC(=O)Nc2cc(C)on2)cn1. The van der Waals surface area contributed by atoms with Gasteiger partial charge in [0.25, 0.3) is 0 Å². The topological polar surface area (TPSA) is 94.2 Å². The Hall–Kier alpha value is -2.35. The van der Waals surface area contributed by atoms with Gasteiger partial charge in [0, 0.05) is 31.0 Å². The van der Waals surface area contributed by atoms with Crippen LogP contribution in [0.5, 0.6) is 0 Å². The van der Waals surface area contributed by atoms with Crippen molar-refractivity contribution in [3.8, 4) is 0 Å². The molecule has 2 aromatic rings. The molecule has 8 heteroatoms. The van der Waals surface area contributed by atoms with Gasteiger partial charge in [-0.15, -0.1) is 0 Å². The molecule has 1 fully saturated rings. The number of nitrogens with one attached hydrogen (secondary N) is 2. The molecular formula is C15H21N5O3. The van der Waals surface area contributed by atoms with E-state index >= 15 is 0 Å². The monoisotopic (exact) mass is 319 g/mol. The summed E-state index contributed by atoms with van der Waals surface area (Å²) in [5, 5.41) is 13.7. The number of carbonyl (C=O) groups excluding carboxylic acids is 1. The Labute approximate surface area is 134 Å². The number of nitrogens with zero attached hydrogens (tertiary/aromatic N) is 3. The van der Waals surface area contributed by atoms with E-state index in [1.165, 1.54) is 0 Å². The largest absolute Gasteiger partial charge is 0.371 e. The number of aromatic nitrogens is 3. The zero-order chi connectivity index (χ0) is 16.2. The second kappa shape index (κ2) is 6.82. The average molecular weight is 319 g/mol. The van der Waals surface area contributed by atoms with Crippen molar-refractivity contribution in [1.82, 2.24) is 20.3 Å². The summed E-state index contributed by atoms with van der Waals surface area (Å²) in [7, 11) is 0. The molecular weight excluding hydrogens is 298 g/mol. The number of hydrogen-bond acceptors (Lipinski definition) is 5. The van der Waals surface area contributed by atoms with Crippen LogP contribution in [0.15, 0.2) is 23.0 Å². The minimum atomic E-state index is -0.318. The minimum absolute atomic E-state index is 0.105. The Balaban J connectivity index is 1.65. The fraction of sp³-hybridized carbons (Fsp3) is 0.533. The Morgan fingerprint density at radius 2 is 2.39 bits per heavy atom. The average Bonchev–Trinajstić information content (AvgIpc) is 3.17. The van der Waals surface area contributed by atoms with Crippen molar-refractivity contribution in [2.75, 3.05) is 11.9 Å². The Morgan fingerprint density at radius 1 is 1.52 bits per heavy atom. The van der Waals surface area contributed by atoms with Crippen molar-refractivity contribution >= 4 is 11.8 Å². The van der Waals surface area contributed by atoms with E-state index in [4.69, 9.17) is 9.26 Å². The van der Waals surface area contributed by atoms with Gasteiger partial charge in [-0.2, -0.15) is 5.10 Å². The maximum Gasteiger partial charge on any atom is 0.320 e. The van der Waals surface area contributed by atoms with Crippen LogP contribution in [0.3, 0.4) is 0 Å². The summed E-state index contributed by atoms with van der Waals surface area (Å²) in [6, 6.07) is 1.24. The predicted molar refractivity (Wildman–Crippen MR) is 83.0 cm³/mol. The summed E-state index contributed by atoms with van der Waals surface area (Å²) >= 11 is 0. The van der Waals surface area contributed by atoms with Crippen LogP contribution in [0.4, 0.5) is 10.6 Å². The third-order valence-electron chi connectivity index (χ3n) is 3.81. The highest BCUT2D eigenvalue weighted by Crippen LogP contribution is 2.28. The van der Waals surface area contributed by atoms with Crippen LogP contribution in [0.25, 0.3) is 0 Å². The normalized spacial score (nSPS) is 21.1. The zero-order valence-electron chi connectivity index (χ0n) is 13.3. The van der Waals surface area contributed by atoms with Gasteiger partial charge >= 0.3 is 6.03 Å². The van der Waals surface area contributed by atoms with Crippen LogP contribution in [0.1, 0.15) is 37.2 Å². The number of hydrogen-bond donors (Lipinski definition) is 2. The van der Waals surface area contributed by atoms with Crippen LogP contribution < -0.4 is 10.6 Å². The number of ether oxygens (including phenoxy) is 1. The number of aryl methyl sites for hydroxylation is 2. The maximum atomic E-state index is 12.1. The molecule has 2 amide bonds. The molecule has 2 N–H and O–H groups in total. The molecule has 1 aliphatic heterocycles. The van der Waals surface area contributed by atoms with Crippen LogP contribution in [0, 0.1) is 6.92 Å². The van der Waals surface area contributed by atoms with Crippen LogP contribution >= 0.6 is 0 Å². The van der Waals surface area contributed by atoms with Gasteiger partial charge in [-0.3, -0.25) is 10.00 Å². The predicted octanol–water partition coefficient (Wildman–Crippen LogP) is 2.24. The van der Waals surface area contributed by atoms with E-state index in [0.717, 1.165) is 24.9 Å². The lowest BCUT2D eigenvalue weighted by Gasteiger charge is -2.31. The lowest BCUT2D eigenvalue weighted by molar-refractivity contribution is -0.00702. The van der Waals surface area contributed by atoms with E-state index in [-0.39, 0.29) is 18.2 Å². The smallest absolute Gasteiger partial charge is 0.320 e. The molecule has 3 rings (SSSR count). The molecule has 2 aromatic heterocycles. The fourth-order valence-electron chi connectivity index (χ4n) is 2.70. The standard InChI is InChI=1S/C15H21N5O3/c1-3-20-9-11(8-16-20)14-12(5-4-6-22-14)17-15(21)18-13-7-10(2)23-19-13/h7-9,12,14H,3-6H2,1-2H3,(H2,17,18,19,21)/t12-,14+/m0/s1. The second-order valence-corrected chi connectivity index (χ2v) is 5.59. The maximum absolute atomic E-state index is 12.1. The van der Waals surface area contributed by atoms with E-state index in [2.05, 4.69) is 20.9 Å². The quantitative estimate of drug-likeness (QED) is 0.901. The lowest BCUT2D eigenvalue weighted by atomic mass is 9.98. The van der Waals surface area contributed by atoms with Gasteiger partial charge in [0.2, 0.25) is 0 Å². The Bertz CT molecular complexity index is 666. The van der Waals surface area contributed by atoms with Gasteiger partial charge in [0.05, 0.1) is 12.2 Å². The first-order chi connectivity index (χ1) is 11.2. The van der Waals surface area contributed by atoms with Gasteiger partial charge in [-0.05, 0) is 26.7 Å². The number of carbonyl (C=O) groups is 1. The summed E-state index contributed by atoms with van der Waals surface area (Å²) in [6.45, 7) is 5.29. The number of rotatable bonds is 4. The van der Waals surface area contributed by atoms with Crippen molar-refractivity contribution in [2.45, 2.75) is 45.4 Å². The van der Waals surface area contributed by atoms with Gasteiger partial charge in [-0.25, -0.2) is 4.79 Å². The number of amides is 2. The molecule has 124 valence electrons. The van der Waals surface area contributed by atoms with Crippen molar-refractivity contribution < 1.29 is 14.1 Å². The van der Waals surface area contributed by atoms with E-state index in [1.54, 1.807) is 19.2 Å². The lowest BCUT2D eigenvalue weighted by Crippen LogP contribution is -2.44. The molecule has 3 heterocycles. The molecule has 1 saturated heterocycles. The molecule has 0 unspecified atom stereocenters. The van der Waals surface area contributed by atoms with Gasteiger partial charge in [0.1, 0.15) is 11.9 Å². The molecule has 2 atom stereocenters. The molecule has 8 nitrogen and oxygen atoms in total. The first kappa shape index (κ1) is 15.5. The molecule has 0 aromatic carbocycles. The molecule has 0 spiro atoms. The first-order valence-electron chi connectivity index (χ1n) is 7.80. The van der Waals surface area contributed by atoms with Crippen LogP contribution in [0.2, 0.25) is 0 Å². The first-order valence-corrected chi connectivity index (χ1v) is 7.80. The number of anilines is 1. The van der Waals surface area contributed by atoms with Crippen molar-refractivity contribution in [3.05, 3.63) is 29.8 Å². The summed E-state index contributed by atoms with van der Waals surface area (Å²) < 4.78 is 12.6. The highest BCUT2D eigenvalue weighted by molar-refractivity contribution is 5.88. The molecule has 0 aliphatic carbocycles. The number of urea groups is 1. The zero-order valence-corrected chi connectivity index (χ0v) is 13.3. The van der Waals surface area contributed by atoms with Crippen molar-refractivity contribution in [1.29, 1.82) is 0 Å². The molecule has 0 radical (unpaired) electrons. The molecule has 23 heavy (non-hydrogen) atoms. The summed E-state index contributed by atoms with van der Waals surface area (Å²) in [5.41, 5.74) is 0.981. The minimum Gasteiger partial charge on any atom is -0.371 e. The highest BCUT2D eigenvalue weighted by Gasteiger charge is 2.30. The third-order valence-corrected chi connectivity index (χ3v) is 3.81. The van der Waals surface area contributed by atoms with Gasteiger partial charge in [0.15, 0.2) is 5.82 Å². The van der Waals surface area contributed by atoms with E-state index in [9.17, 15) is 4.79 Å². The molecule has 0 bridgehead atoms. The van der Waals surface area contributed by atoms with E-state index in [1.807, 2.05) is 17.8 Å². The Kier molecular flexibility index (Phi) is 4.61. The summed E-state index contributed by atoms with van der Waals surface area (Å²) in [4.78, 5) is 12.1. The van der Waals surface area contributed by atoms with Gasteiger partial charge in [-0.1, -0.05) is 5.16 Å². The van der Waals surface area contributed by atoms with Crippen LogP contribution in [-0.4, -0.2) is 33.6 Å².